The number of carbonyl (C=O) groups excluding carboxylic acids is 1. The molecule has 0 aliphatic carbocycles. The summed E-state index contributed by atoms with van der Waals surface area (Å²) >= 11 is 5.92. The molecule has 0 radical (unpaired) electrons. The molecule has 1 aliphatic heterocycles. The molecule has 2 heterocycles. The molecular formula is C21H27ClN6O2. The van der Waals surface area contributed by atoms with Crippen LogP contribution in [-0.4, -0.2) is 36.3 Å². The Kier molecular flexibility index (Phi) is 7.89. The zero-order valence-electron chi connectivity index (χ0n) is 16.6. The SMILES string of the molecule is NN/C(Cl)=C(\N)c1ccc(CC2NCCC2OC(=O)NCCc2ccncc2)cc1. The normalized spacial score (nSPS) is 19.1. The van der Waals surface area contributed by atoms with E-state index in [1.165, 1.54) is 0 Å². The lowest BCUT2D eigenvalue weighted by Gasteiger charge is -2.20. The van der Waals surface area contributed by atoms with Crippen LogP contribution in [0.1, 0.15) is 23.1 Å². The van der Waals surface area contributed by atoms with E-state index in [1.807, 2.05) is 36.4 Å². The molecule has 30 heavy (non-hydrogen) atoms. The van der Waals surface area contributed by atoms with Crippen molar-refractivity contribution in [3.8, 4) is 0 Å². The molecule has 7 N–H and O–H groups in total. The van der Waals surface area contributed by atoms with Crippen LogP contribution in [-0.2, 0) is 17.6 Å². The van der Waals surface area contributed by atoms with Gasteiger partial charge in [-0.1, -0.05) is 35.9 Å². The maximum absolute atomic E-state index is 12.2. The van der Waals surface area contributed by atoms with Gasteiger partial charge in [-0.2, -0.15) is 0 Å². The summed E-state index contributed by atoms with van der Waals surface area (Å²) in [5.41, 5.74) is 11.7. The number of benzene rings is 1. The highest BCUT2D eigenvalue weighted by molar-refractivity contribution is 6.32. The summed E-state index contributed by atoms with van der Waals surface area (Å²) < 4.78 is 5.65. The summed E-state index contributed by atoms with van der Waals surface area (Å²) in [4.78, 5) is 16.2. The number of nitrogens with two attached hydrogens (primary N) is 2. The number of nitrogens with zero attached hydrogens (tertiary/aromatic N) is 1. The predicted molar refractivity (Wildman–Crippen MR) is 117 cm³/mol. The Morgan fingerprint density at radius 1 is 1.20 bits per heavy atom. The molecule has 3 rings (SSSR count). The van der Waals surface area contributed by atoms with Crippen LogP contribution in [0.2, 0.25) is 0 Å². The van der Waals surface area contributed by atoms with E-state index in [0.717, 1.165) is 42.5 Å². The van der Waals surface area contributed by atoms with Crippen molar-refractivity contribution in [2.24, 2.45) is 11.6 Å². The predicted octanol–water partition coefficient (Wildman–Crippen LogP) is 1.61. The van der Waals surface area contributed by atoms with Crippen LogP contribution in [0.25, 0.3) is 5.70 Å². The van der Waals surface area contributed by atoms with Gasteiger partial charge in [0.1, 0.15) is 11.3 Å². The fraction of sp³-hybridized carbons (Fsp3) is 0.333. The molecule has 1 aromatic carbocycles. The molecule has 2 unspecified atom stereocenters. The smallest absolute Gasteiger partial charge is 0.407 e. The molecule has 0 saturated carbocycles. The second kappa shape index (κ2) is 10.8. The third kappa shape index (κ3) is 6.09. The molecule has 160 valence electrons. The van der Waals surface area contributed by atoms with Crippen LogP contribution in [0, 0.1) is 0 Å². The number of pyridine rings is 1. The van der Waals surface area contributed by atoms with Crippen LogP contribution in [0.15, 0.2) is 53.9 Å². The molecule has 8 nitrogen and oxygen atoms in total. The molecular weight excluding hydrogens is 404 g/mol. The monoisotopic (exact) mass is 430 g/mol. The number of hydrogen-bond donors (Lipinski definition) is 5. The maximum Gasteiger partial charge on any atom is 0.407 e. The van der Waals surface area contributed by atoms with Crippen molar-refractivity contribution >= 4 is 23.4 Å². The van der Waals surface area contributed by atoms with E-state index in [0.29, 0.717) is 12.2 Å². The van der Waals surface area contributed by atoms with Crippen LogP contribution >= 0.6 is 11.6 Å². The Morgan fingerprint density at radius 2 is 1.93 bits per heavy atom. The molecule has 2 atom stereocenters. The van der Waals surface area contributed by atoms with E-state index in [2.05, 4.69) is 21.0 Å². The van der Waals surface area contributed by atoms with Crippen molar-refractivity contribution in [1.29, 1.82) is 0 Å². The minimum Gasteiger partial charge on any atom is -0.445 e. The number of carbonyl (C=O) groups is 1. The third-order valence-electron chi connectivity index (χ3n) is 5.06. The van der Waals surface area contributed by atoms with Crippen molar-refractivity contribution in [3.63, 3.8) is 0 Å². The van der Waals surface area contributed by atoms with Crippen LogP contribution < -0.4 is 27.6 Å². The molecule has 1 aromatic heterocycles. The van der Waals surface area contributed by atoms with Gasteiger partial charge in [0.25, 0.3) is 0 Å². The standard InChI is InChI=1S/C21H27ClN6O2/c22-20(28-24)19(23)16-3-1-15(2-4-16)13-17-18(8-12-26-17)30-21(29)27-11-7-14-5-9-25-10-6-14/h1-6,9-10,17-18,26,28H,7-8,11-13,23-24H2,(H,27,29)/b20-19-. The number of ether oxygens (including phenoxy) is 1. The number of rotatable bonds is 8. The highest BCUT2D eigenvalue weighted by Crippen LogP contribution is 2.19. The average Bonchev–Trinajstić information content (AvgIpc) is 3.20. The summed E-state index contributed by atoms with van der Waals surface area (Å²) in [6.45, 7) is 1.33. The Labute approximate surface area is 181 Å². The Morgan fingerprint density at radius 3 is 2.63 bits per heavy atom. The van der Waals surface area contributed by atoms with Gasteiger partial charge < -0.3 is 26.5 Å². The van der Waals surface area contributed by atoms with E-state index in [4.69, 9.17) is 27.9 Å². The van der Waals surface area contributed by atoms with Crippen molar-refractivity contribution in [2.45, 2.75) is 31.4 Å². The van der Waals surface area contributed by atoms with Gasteiger partial charge in [-0.3, -0.25) is 4.98 Å². The molecule has 1 saturated heterocycles. The van der Waals surface area contributed by atoms with E-state index < -0.39 is 0 Å². The second-order valence-corrected chi connectivity index (χ2v) is 7.48. The summed E-state index contributed by atoms with van der Waals surface area (Å²) in [5.74, 6) is 5.29. The fourth-order valence-electron chi connectivity index (χ4n) is 3.40. The average molecular weight is 431 g/mol. The van der Waals surface area contributed by atoms with Gasteiger partial charge in [-0.05, 0) is 49.1 Å². The molecule has 0 bridgehead atoms. The second-order valence-electron chi connectivity index (χ2n) is 7.10. The fourth-order valence-corrected chi connectivity index (χ4v) is 3.51. The number of hydrogen-bond acceptors (Lipinski definition) is 7. The highest BCUT2D eigenvalue weighted by Gasteiger charge is 2.30. The van der Waals surface area contributed by atoms with E-state index in [1.54, 1.807) is 12.4 Å². The zero-order chi connectivity index (χ0) is 21.3. The van der Waals surface area contributed by atoms with Gasteiger partial charge in [0.05, 0.1) is 5.70 Å². The first-order chi connectivity index (χ1) is 14.6. The van der Waals surface area contributed by atoms with Gasteiger partial charge in [0.15, 0.2) is 0 Å². The van der Waals surface area contributed by atoms with Crippen molar-refractivity contribution in [2.75, 3.05) is 13.1 Å². The van der Waals surface area contributed by atoms with Gasteiger partial charge in [-0.25, -0.2) is 10.6 Å². The zero-order valence-corrected chi connectivity index (χ0v) is 17.4. The summed E-state index contributed by atoms with van der Waals surface area (Å²) in [7, 11) is 0. The van der Waals surface area contributed by atoms with E-state index in [-0.39, 0.29) is 23.4 Å². The van der Waals surface area contributed by atoms with Crippen molar-refractivity contribution in [3.05, 3.63) is 70.6 Å². The number of hydrazine groups is 1. The first-order valence-corrected chi connectivity index (χ1v) is 10.2. The van der Waals surface area contributed by atoms with Crippen molar-refractivity contribution in [1.82, 2.24) is 21.0 Å². The van der Waals surface area contributed by atoms with Crippen LogP contribution in [0.4, 0.5) is 4.79 Å². The quantitative estimate of drug-likeness (QED) is 0.244. The molecule has 0 spiro atoms. The van der Waals surface area contributed by atoms with Gasteiger partial charge >= 0.3 is 6.09 Å². The molecule has 2 aromatic rings. The Balaban J connectivity index is 1.49. The van der Waals surface area contributed by atoms with E-state index >= 15 is 0 Å². The molecule has 9 heteroatoms. The molecule has 1 amide bonds. The highest BCUT2D eigenvalue weighted by atomic mass is 35.5. The van der Waals surface area contributed by atoms with Crippen LogP contribution in [0.5, 0.6) is 0 Å². The minimum atomic E-state index is -0.389. The topological polar surface area (TPSA) is 127 Å². The lowest BCUT2D eigenvalue weighted by atomic mass is 10.0. The molecule has 1 aliphatic rings. The number of alkyl carbamates (subject to hydrolysis) is 1. The summed E-state index contributed by atoms with van der Waals surface area (Å²) in [6, 6.07) is 11.7. The number of amides is 1. The number of aromatic nitrogens is 1. The third-order valence-corrected chi connectivity index (χ3v) is 5.37. The summed E-state index contributed by atoms with van der Waals surface area (Å²) in [5, 5.41) is 6.43. The maximum atomic E-state index is 12.2. The first kappa shape index (κ1) is 21.9. The van der Waals surface area contributed by atoms with Crippen molar-refractivity contribution < 1.29 is 9.53 Å². The number of halogens is 1. The summed E-state index contributed by atoms with van der Waals surface area (Å²) in [6.07, 6.45) is 5.17. The molecule has 1 fully saturated rings. The Hall–Kier alpha value is -2.81. The van der Waals surface area contributed by atoms with Gasteiger partial charge in [0, 0.05) is 30.5 Å². The Bertz CT molecular complexity index is 860. The lowest BCUT2D eigenvalue weighted by molar-refractivity contribution is 0.0902. The first-order valence-electron chi connectivity index (χ1n) is 9.84. The lowest BCUT2D eigenvalue weighted by Crippen LogP contribution is -2.38. The van der Waals surface area contributed by atoms with Gasteiger partial charge in [-0.15, -0.1) is 0 Å². The minimum absolute atomic E-state index is 0.0592. The van der Waals surface area contributed by atoms with E-state index in [9.17, 15) is 4.79 Å². The largest absolute Gasteiger partial charge is 0.445 e. The number of nitrogens with one attached hydrogen (secondary N) is 3. The van der Waals surface area contributed by atoms with Gasteiger partial charge in [0.2, 0.25) is 0 Å². The van der Waals surface area contributed by atoms with Crippen LogP contribution in [0.3, 0.4) is 0 Å².